The first-order chi connectivity index (χ1) is 12.3. The topological polar surface area (TPSA) is 71.5 Å². The summed E-state index contributed by atoms with van der Waals surface area (Å²) in [6, 6.07) is 10.8. The average molecular weight is 354 g/mol. The van der Waals surface area contributed by atoms with Gasteiger partial charge in [0.2, 0.25) is 0 Å². The minimum atomic E-state index is -0.943. The van der Waals surface area contributed by atoms with Crippen LogP contribution >= 0.6 is 0 Å². The van der Waals surface area contributed by atoms with Crippen molar-refractivity contribution in [3.63, 3.8) is 0 Å². The smallest absolute Gasteiger partial charge is 0.264 e. The van der Waals surface area contributed by atoms with E-state index in [9.17, 15) is 9.90 Å². The summed E-state index contributed by atoms with van der Waals surface area (Å²) in [5.74, 6) is 0.791. The first-order valence-corrected chi connectivity index (χ1v) is 9.01. The Balaban J connectivity index is 1.76. The second kappa shape index (κ2) is 6.98. The van der Waals surface area contributed by atoms with Gasteiger partial charge in [-0.3, -0.25) is 9.78 Å². The summed E-state index contributed by atoms with van der Waals surface area (Å²) in [6.45, 7) is 6.59. The Bertz CT molecular complexity index is 784. The van der Waals surface area contributed by atoms with E-state index in [0.717, 1.165) is 11.3 Å². The number of fused-ring (bicyclic) bond motifs is 1. The van der Waals surface area contributed by atoms with Gasteiger partial charge >= 0.3 is 0 Å². The Hall–Kier alpha value is -2.56. The number of pyridine rings is 1. The van der Waals surface area contributed by atoms with Crippen LogP contribution in [0.4, 0.5) is 0 Å². The van der Waals surface area contributed by atoms with E-state index in [4.69, 9.17) is 4.74 Å². The van der Waals surface area contributed by atoms with Gasteiger partial charge in [0.15, 0.2) is 5.60 Å². The SMILES string of the molecule is CC(C)(C)C1(C(=O)NCCc2ccccn2)CCc2cc(O)ccc2O1. The van der Waals surface area contributed by atoms with Gasteiger partial charge in [0.05, 0.1) is 0 Å². The molecule has 2 N–H and O–H groups in total. The summed E-state index contributed by atoms with van der Waals surface area (Å²) >= 11 is 0. The number of aromatic hydroxyl groups is 1. The third-order valence-corrected chi connectivity index (χ3v) is 5.05. The Kier molecular flexibility index (Phi) is 4.90. The minimum absolute atomic E-state index is 0.0975. The van der Waals surface area contributed by atoms with Crippen molar-refractivity contribution < 1.29 is 14.6 Å². The van der Waals surface area contributed by atoms with Crippen molar-refractivity contribution in [2.75, 3.05) is 6.54 Å². The fourth-order valence-corrected chi connectivity index (χ4v) is 3.43. The molecule has 0 aliphatic carbocycles. The molecule has 138 valence electrons. The lowest BCUT2D eigenvalue weighted by atomic mass is 9.71. The molecule has 0 saturated heterocycles. The molecule has 0 radical (unpaired) electrons. The number of phenolic OH excluding ortho intramolecular Hbond substituents is 1. The standard InChI is InChI=1S/C21H26N2O3/c1-20(2,3)21(11-9-15-14-17(24)7-8-18(15)26-21)19(25)23-13-10-16-6-4-5-12-22-16/h4-8,12,14,24H,9-11,13H2,1-3H3,(H,23,25). The predicted molar refractivity (Wildman–Crippen MR) is 100 cm³/mol. The van der Waals surface area contributed by atoms with Gasteiger partial charge in [-0.15, -0.1) is 0 Å². The van der Waals surface area contributed by atoms with Crippen molar-refractivity contribution in [1.82, 2.24) is 10.3 Å². The van der Waals surface area contributed by atoms with Gasteiger partial charge in [-0.2, -0.15) is 0 Å². The highest BCUT2D eigenvalue weighted by Crippen LogP contribution is 2.44. The van der Waals surface area contributed by atoms with Gasteiger partial charge in [-0.05, 0) is 42.3 Å². The molecule has 1 aromatic carbocycles. The molecule has 1 unspecified atom stereocenters. The van der Waals surface area contributed by atoms with Crippen molar-refractivity contribution in [2.24, 2.45) is 5.41 Å². The van der Waals surface area contributed by atoms with Gasteiger partial charge in [-0.1, -0.05) is 26.8 Å². The van der Waals surface area contributed by atoms with E-state index in [-0.39, 0.29) is 17.1 Å². The zero-order chi connectivity index (χ0) is 18.8. The Morgan fingerprint density at radius 1 is 1.31 bits per heavy atom. The first-order valence-electron chi connectivity index (χ1n) is 9.01. The van der Waals surface area contributed by atoms with E-state index in [2.05, 4.69) is 10.3 Å². The molecule has 0 bridgehead atoms. The van der Waals surface area contributed by atoms with Crippen LogP contribution in [0.25, 0.3) is 0 Å². The molecule has 3 rings (SSSR count). The summed E-state index contributed by atoms with van der Waals surface area (Å²) in [6.07, 6.45) is 3.69. The maximum Gasteiger partial charge on any atom is 0.264 e. The number of benzene rings is 1. The van der Waals surface area contributed by atoms with Gasteiger partial charge in [0.1, 0.15) is 11.5 Å². The number of aryl methyl sites for hydroxylation is 1. The average Bonchev–Trinajstić information content (AvgIpc) is 2.61. The molecule has 0 fully saturated rings. The Morgan fingerprint density at radius 2 is 2.12 bits per heavy atom. The maximum atomic E-state index is 13.1. The highest BCUT2D eigenvalue weighted by molar-refractivity contribution is 5.87. The Labute approximate surface area is 154 Å². The van der Waals surface area contributed by atoms with Gasteiger partial charge in [-0.25, -0.2) is 0 Å². The summed E-state index contributed by atoms with van der Waals surface area (Å²) < 4.78 is 6.26. The minimum Gasteiger partial charge on any atom is -0.508 e. The highest BCUT2D eigenvalue weighted by Gasteiger charge is 2.52. The van der Waals surface area contributed by atoms with Crippen LogP contribution in [0.2, 0.25) is 0 Å². The second-order valence-electron chi connectivity index (χ2n) is 7.80. The highest BCUT2D eigenvalue weighted by atomic mass is 16.5. The van der Waals surface area contributed by atoms with Crippen LogP contribution in [0.1, 0.15) is 38.4 Å². The van der Waals surface area contributed by atoms with Crippen molar-refractivity contribution in [3.05, 3.63) is 53.9 Å². The fraction of sp³-hybridized carbons (Fsp3) is 0.429. The molecular weight excluding hydrogens is 328 g/mol. The predicted octanol–water partition coefficient (Wildman–Crippen LogP) is 3.26. The van der Waals surface area contributed by atoms with Crippen molar-refractivity contribution >= 4 is 5.91 Å². The van der Waals surface area contributed by atoms with Gasteiger partial charge in [0, 0.05) is 36.7 Å². The summed E-state index contributed by atoms with van der Waals surface area (Å²) in [4.78, 5) is 17.4. The van der Waals surface area contributed by atoms with E-state index in [1.165, 1.54) is 0 Å². The monoisotopic (exact) mass is 354 g/mol. The molecule has 26 heavy (non-hydrogen) atoms. The molecular formula is C21H26N2O3. The van der Waals surface area contributed by atoms with Crippen molar-refractivity contribution in [3.8, 4) is 11.5 Å². The number of rotatable bonds is 4. The number of carbonyl (C=O) groups is 1. The lowest BCUT2D eigenvalue weighted by molar-refractivity contribution is -0.150. The summed E-state index contributed by atoms with van der Waals surface area (Å²) in [7, 11) is 0. The van der Waals surface area contributed by atoms with Gasteiger partial charge in [0.25, 0.3) is 5.91 Å². The molecule has 5 nitrogen and oxygen atoms in total. The van der Waals surface area contributed by atoms with E-state index in [1.807, 2.05) is 39.0 Å². The molecule has 1 aliphatic rings. The summed E-state index contributed by atoms with van der Waals surface area (Å²) in [5.41, 5.74) is 0.563. The normalized spacial score (nSPS) is 19.3. The largest absolute Gasteiger partial charge is 0.508 e. The van der Waals surface area contributed by atoms with E-state index < -0.39 is 5.60 Å². The van der Waals surface area contributed by atoms with Crippen LogP contribution in [0.15, 0.2) is 42.6 Å². The lowest BCUT2D eigenvalue weighted by Crippen LogP contribution is -2.61. The van der Waals surface area contributed by atoms with Crippen LogP contribution in [0.3, 0.4) is 0 Å². The zero-order valence-electron chi connectivity index (χ0n) is 15.6. The number of hydrogen-bond acceptors (Lipinski definition) is 4. The van der Waals surface area contributed by atoms with Crippen LogP contribution in [-0.2, 0) is 17.6 Å². The van der Waals surface area contributed by atoms with E-state index >= 15 is 0 Å². The fourth-order valence-electron chi connectivity index (χ4n) is 3.43. The summed E-state index contributed by atoms with van der Waals surface area (Å²) in [5, 5.41) is 12.7. The number of nitrogens with one attached hydrogen (secondary N) is 1. The lowest BCUT2D eigenvalue weighted by Gasteiger charge is -2.46. The van der Waals surface area contributed by atoms with Crippen LogP contribution in [0, 0.1) is 5.41 Å². The third kappa shape index (κ3) is 3.52. The second-order valence-corrected chi connectivity index (χ2v) is 7.80. The van der Waals surface area contributed by atoms with Crippen LogP contribution in [0.5, 0.6) is 11.5 Å². The van der Waals surface area contributed by atoms with Crippen LogP contribution < -0.4 is 10.1 Å². The molecule has 1 aliphatic heterocycles. The molecule has 0 spiro atoms. The maximum absolute atomic E-state index is 13.1. The van der Waals surface area contributed by atoms with E-state index in [1.54, 1.807) is 24.4 Å². The van der Waals surface area contributed by atoms with Crippen LogP contribution in [-0.4, -0.2) is 28.1 Å². The third-order valence-electron chi connectivity index (χ3n) is 5.05. The molecule has 1 amide bonds. The molecule has 1 aromatic heterocycles. The Morgan fingerprint density at radius 3 is 2.81 bits per heavy atom. The number of amides is 1. The number of hydrogen-bond donors (Lipinski definition) is 2. The number of nitrogens with zero attached hydrogens (tertiary/aromatic N) is 1. The van der Waals surface area contributed by atoms with Crippen molar-refractivity contribution in [2.45, 2.75) is 45.6 Å². The number of carbonyl (C=O) groups excluding carboxylic acids is 1. The first kappa shape index (κ1) is 18.2. The molecule has 2 aromatic rings. The molecule has 1 atom stereocenters. The number of ether oxygens (including phenoxy) is 1. The molecule has 2 heterocycles. The molecule has 5 heteroatoms. The van der Waals surface area contributed by atoms with E-state index in [0.29, 0.717) is 31.6 Å². The van der Waals surface area contributed by atoms with Gasteiger partial charge < -0.3 is 15.2 Å². The number of phenols is 1. The van der Waals surface area contributed by atoms with Crippen molar-refractivity contribution in [1.29, 1.82) is 0 Å². The number of aromatic nitrogens is 1. The zero-order valence-corrected chi connectivity index (χ0v) is 15.6. The quantitative estimate of drug-likeness (QED) is 0.884. The molecule has 0 saturated carbocycles.